The number of nitrogen functional groups attached to an aromatic ring is 1. The molecule has 0 aliphatic heterocycles. The Morgan fingerprint density at radius 1 is 1.25 bits per heavy atom. The van der Waals surface area contributed by atoms with Gasteiger partial charge in [-0.25, -0.2) is 4.39 Å². The summed E-state index contributed by atoms with van der Waals surface area (Å²) < 4.78 is 19.2. The molecule has 1 aromatic heterocycles. The molecule has 0 radical (unpaired) electrons. The van der Waals surface area contributed by atoms with E-state index >= 15 is 0 Å². The molecule has 0 saturated heterocycles. The van der Waals surface area contributed by atoms with Crippen LogP contribution in [0.3, 0.4) is 0 Å². The number of hydrogen-bond donors (Lipinski definition) is 2. The van der Waals surface area contributed by atoms with Crippen molar-refractivity contribution in [1.29, 1.82) is 5.41 Å². The minimum Gasteiger partial charge on any atom is -0.434 e. The van der Waals surface area contributed by atoms with Crippen LogP contribution in [0.2, 0.25) is 0 Å². The van der Waals surface area contributed by atoms with E-state index in [2.05, 4.69) is 10.2 Å². The number of nitrogens with one attached hydrogen (secondary N) is 1. The SMILES string of the molecule is Cc1ccc(F)c(Oc2nnc(C)c(C)c2C(=N)N)c1. The van der Waals surface area contributed by atoms with Gasteiger partial charge in [0, 0.05) is 0 Å². The third-order valence-electron chi connectivity index (χ3n) is 2.99. The van der Waals surface area contributed by atoms with E-state index in [0.717, 1.165) is 5.56 Å². The zero-order valence-electron chi connectivity index (χ0n) is 11.5. The van der Waals surface area contributed by atoms with Crippen molar-refractivity contribution in [3.63, 3.8) is 0 Å². The fraction of sp³-hybridized carbons (Fsp3) is 0.214. The first-order valence-corrected chi connectivity index (χ1v) is 6.02. The normalized spacial score (nSPS) is 10.4. The summed E-state index contributed by atoms with van der Waals surface area (Å²) in [5.41, 5.74) is 8.07. The summed E-state index contributed by atoms with van der Waals surface area (Å²) in [6.07, 6.45) is 0. The van der Waals surface area contributed by atoms with Crippen LogP contribution < -0.4 is 10.5 Å². The van der Waals surface area contributed by atoms with Gasteiger partial charge in [0.1, 0.15) is 5.84 Å². The zero-order chi connectivity index (χ0) is 14.9. The number of hydrogen-bond acceptors (Lipinski definition) is 4. The molecule has 0 unspecified atom stereocenters. The Hall–Kier alpha value is -2.50. The number of nitrogens with zero attached hydrogens (tertiary/aromatic N) is 2. The van der Waals surface area contributed by atoms with Gasteiger partial charge >= 0.3 is 0 Å². The summed E-state index contributed by atoms with van der Waals surface area (Å²) in [4.78, 5) is 0. The lowest BCUT2D eigenvalue weighted by molar-refractivity contribution is 0.419. The molecule has 2 rings (SSSR count). The topological polar surface area (TPSA) is 84.9 Å². The number of aromatic nitrogens is 2. The Morgan fingerprint density at radius 3 is 2.60 bits per heavy atom. The Balaban J connectivity index is 2.51. The summed E-state index contributed by atoms with van der Waals surface area (Å²) in [5, 5.41) is 15.4. The molecule has 1 aromatic carbocycles. The third-order valence-corrected chi connectivity index (χ3v) is 2.99. The molecular formula is C14H15FN4O. The molecule has 0 bridgehead atoms. The van der Waals surface area contributed by atoms with Crippen LogP contribution in [-0.4, -0.2) is 16.0 Å². The predicted molar refractivity (Wildman–Crippen MR) is 73.7 cm³/mol. The monoisotopic (exact) mass is 274 g/mol. The van der Waals surface area contributed by atoms with Gasteiger partial charge in [0.05, 0.1) is 11.3 Å². The largest absolute Gasteiger partial charge is 0.434 e. The van der Waals surface area contributed by atoms with Crippen LogP contribution in [0.5, 0.6) is 11.6 Å². The number of ether oxygens (including phenoxy) is 1. The second kappa shape index (κ2) is 5.24. The van der Waals surface area contributed by atoms with Crippen LogP contribution >= 0.6 is 0 Å². The molecule has 0 aliphatic rings. The Labute approximate surface area is 116 Å². The molecule has 0 saturated carbocycles. The van der Waals surface area contributed by atoms with E-state index in [1.54, 1.807) is 26.0 Å². The van der Waals surface area contributed by atoms with E-state index in [9.17, 15) is 4.39 Å². The van der Waals surface area contributed by atoms with Crippen LogP contribution in [0.25, 0.3) is 0 Å². The summed E-state index contributed by atoms with van der Waals surface area (Å²) in [7, 11) is 0. The number of halogens is 1. The Kier molecular flexibility index (Phi) is 3.65. The molecule has 1 heterocycles. The van der Waals surface area contributed by atoms with Gasteiger partial charge < -0.3 is 10.5 Å². The van der Waals surface area contributed by atoms with Crippen molar-refractivity contribution in [2.75, 3.05) is 0 Å². The van der Waals surface area contributed by atoms with Crippen LogP contribution in [0, 0.1) is 32.0 Å². The predicted octanol–water partition coefficient (Wildman–Crippen LogP) is 2.62. The van der Waals surface area contributed by atoms with E-state index in [1.807, 2.05) is 6.92 Å². The van der Waals surface area contributed by atoms with Gasteiger partial charge in [-0.3, -0.25) is 5.41 Å². The van der Waals surface area contributed by atoms with Gasteiger partial charge in [-0.15, -0.1) is 5.10 Å². The highest BCUT2D eigenvalue weighted by Crippen LogP contribution is 2.28. The van der Waals surface area contributed by atoms with Gasteiger partial charge in [0.25, 0.3) is 0 Å². The highest BCUT2D eigenvalue weighted by atomic mass is 19.1. The first kappa shape index (κ1) is 13.9. The molecule has 6 heteroatoms. The second-order valence-electron chi connectivity index (χ2n) is 4.54. The van der Waals surface area contributed by atoms with E-state index in [-0.39, 0.29) is 17.5 Å². The van der Waals surface area contributed by atoms with Crippen molar-refractivity contribution in [2.24, 2.45) is 5.73 Å². The molecule has 0 spiro atoms. The second-order valence-corrected chi connectivity index (χ2v) is 4.54. The van der Waals surface area contributed by atoms with E-state index in [4.69, 9.17) is 15.9 Å². The number of nitrogens with two attached hydrogens (primary N) is 1. The molecular weight excluding hydrogens is 259 g/mol. The number of rotatable bonds is 3. The van der Waals surface area contributed by atoms with Gasteiger partial charge in [-0.2, -0.15) is 5.10 Å². The molecule has 3 N–H and O–H groups in total. The fourth-order valence-electron chi connectivity index (χ4n) is 1.77. The van der Waals surface area contributed by atoms with Crippen molar-refractivity contribution in [3.05, 3.63) is 46.4 Å². The molecule has 5 nitrogen and oxygen atoms in total. The minimum atomic E-state index is -0.509. The smallest absolute Gasteiger partial charge is 0.250 e. The molecule has 0 amide bonds. The Morgan fingerprint density at radius 2 is 1.95 bits per heavy atom. The third kappa shape index (κ3) is 2.59. The Bertz CT molecular complexity index is 685. The van der Waals surface area contributed by atoms with Crippen LogP contribution in [0.1, 0.15) is 22.4 Å². The molecule has 2 aromatic rings. The average molecular weight is 274 g/mol. The van der Waals surface area contributed by atoms with Gasteiger partial charge in [0.15, 0.2) is 11.6 Å². The maximum Gasteiger partial charge on any atom is 0.250 e. The summed E-state index contributed by atoms with van der Waals surface area (Å²) in [6.45, 7) is 5.34. The van der Waals surface area contributed by atoms with E-state index < -0.39 is 5.82 Å². The standard InChI is InChI=1S/C14H15FN4O/c1-7-4-5-10(15)11(6-7)20-14-12(13(16)17)8(2)9(3)18-19-14/h4-6H,1-3H3,(H3,16,17). The van der Waals surface area contributed by atoms with E-state index in [0.29, 0.717) is 16.8 Å². The van der Waals surface area contributed by atoms with Crippen molar-refractivity contribution < 1.29 is 9.13 Å². The average Bonchev–Trinajstić information content (AvgIpc) is 2.38. The number of benzene rings is 1. The first-order chi connectivity index (χ1) is 9.40. The van der Waals surface area contributed by atoms with Crippen molar-refractivity contribution >= 4 is 5.84 Å². The molecule has 0 fully saturated rings. The summed E-state index contributed by atoms with van der Waals surface area (Å²) in [5.74, 6) is -0.635. The quantitative estimate of drug-likeness (QED) is 0.665. The highest BCUT2D eigenvalue weighted by Gasteiger charge is 2.17. The first-order valence-electron chi connectivity index (χ1n) is 6.02. The number of amidine groups is 1. The molecule has 104 valence electrons. The van der Waals surface area contributed by atoms with Crippen molar-refractivity contribution in [3.8, 4) is 11.6 Å². The fourth-order valence-corrected chi connectivity index (χ4v) is 1.77. The lowest BCUT2D eigenvalue weighted by Crippen LogP contribution is -2.16. The zero-order valence-corrected chi connectivity index (χ0v) is 11.5. The van der Waals surface area contributed by atoms with Gasteiger partial charge in [-0.1, -0.05) is 6.07 Å². The maximum absolute atomic E-state index is 13.7. The lowest BCUT2D eigenvalue weighted by Gasteiger charge is -2.12. The van der Waals surface area contributed by atoms with Crippen LogP contribution in [0.15, 0.2) is 18.2 Å². The van der Waals surface area contributed by atoms with Crippen LogP contribution in [-0.2, 0) is 0 Å². The highest BCUT2D eigenvalue weighted by molar-refractivity contribution is 5.98. The molecule has 20 heavy (non-hydrogen) atoms. The van der Waals surface area contributed by atoms with Gasteiger partial charge in [-0.05, 0) is 44.0 Å². The van der Waals surface area contributed by atoms with Crippen molar-refractivity contribution in [2.45, 2.75) is 20.8 Å². The lowest BCUT2D eigenvalue weighted by atomic mass is 10.1. The van der Waals surface area contributed by atoms with Crippen LogP contribution in [0.4, 0.5) is 4.39 Å². The summed E-state index contributed by atoms with van der Waals surface area (Å²) in [6, 6.07) is 4.50. The number of aryl methyl sites for hydroxylation is 2. The minimum absolute atomic E-state index is 0.0325. The summed E-state index contributed by atoms with van der Waals surface area (Å²) >= 11 is 0. The van der Waals surface area contributed by atoms with E-state index in [1.165, 1.54) is 6.07 Å². The van der Waals surface area contributed by atoms with Crippen molar-refractivity contribution in [1.82, 2.24) is 10.2 Å². The maximum atomic E-state index is 13.7. The molecule has 0 aliphatic carbocycles. The van der Waals surface area contributed by atoms with Gasteiger partial charge in [0.2, 0.25) is 5.88 Å². The molecule has 0 atom stereocenters.